The average molecular weight is 287 g/mol. The Balaban J connectivity index is 2.10. The first-order valence-corrected chi connectivity index (χ1v) is 6.77. The molecular weight excluding hydrogens is 272 g/mol. The number of benzene rings is 2. The van der Waals surface area contributed by atoms with Crippen molar-refractivity contribution in [2.24, 2.45) is 0 Å². The maximum absolute atomic E-state index is 13.8. The minimum Gasteiger partial charge on any atom is -0.399 e. The molecule has 21 heavy (non-hydrogen) atoms. The number of fused-ring (bicyclic) bond motifs is 1. The van der Waals surface area contributed by atoms with Crippen molar-refractivity contribution in [1.82, 2.24) is 9.55 Å². The fourth-order valence-corrected chi connectivity index (χ4v) is 2.46. The summed E-state index contributed by atoms with van der Waals surface area (Å²) < 4.78 is 28.8. The summed E-state index contributed by atoms with van der Waals surface area (Å²) in [6.45, 7) is 2.30. The molecule has 0 aliphatic carbocycles. The predicted molar refractivity (Wildman–Crippen MR) is 79.0 cm³/mol. The summed E-state index contributed by atoms with van der Waals surface area (Å²) in [7, 11) is 0. The SMILES string of the molecule is CCc1nc2cc(N)ccc2n1Cc1ccc(F)cc1F. The fraction of sp³-hybridized carbons (Fsp3) is 0.188. The van der Waals surface area contributed by atoms with Crippen molar-refractivity contribution in [3.05, 3.63) is 59.4 Å². The van der Waals surface area contributed by atoms with Crippen molar-refractivity contribution < 1.29 is 8.78 Å². The molecule has 2 N–H and O–H groups in total. The van der Waals surface area contributed by atoms with E-state index in [1.807, 2.05) is 17.6 Å². The van der Waals surface area contributed by atoms with Crippen LogP contribution in [0.1, 0.15) is 18.3 Å². The van der Waals surface area contributed by atoms with Gasteiger partial charge < -0.3 is 10.3 Å². The van der Waals surface area contributed by atoms with E-state index in [0.29, 0.717) is 17.8 Å². The Morgan fingerprint density at radius 1 is 1.14 bits per heavy atom. The van der Waals surface area contributed by atoms with Crippen LogP contribution in [0.2, 0.25) is 0 Å². The van der Waals surface area contributed by atoms with Gasteiger partial charge in [0.05, 0.1) is 17.6 Å². The zero-order valence-electron chi connectivity index (χ0n) is 11.6. The van der Waals surface area contributed by atoms with Crippen molar-refractivity contribution >= 4 is 16.7 Å². The molecular formula is C16H15F2N3. The number of nitrogens with two attached hydrogens (primary N) is 1. The predicted octanol–water partition coefficient (Wildman–Crippen LogP) is 3.51. The fourth-order valence-electron chi connectivity index (χ4n) is 2.46. The molecule has 2 aromatic carbocycles. The molecule has 3 nitrogen and oxygen atoms in total. The van der Waals surface area contributed by atoms with Gasteiger partial charge in [0, 0.05) is 23.7 Å². The van der Waals surface area contributed by atoms with Gasteiger partial charge >= 0.3 is 0 Å². The summed E-state index contributed by atoms with van der Waals surface area (Å²) in [5.41, 5.74) is 8.52. The Bertz CT molecular complexity index is 809. The molecule has 0 atom stereocenters. The Kier molecular flexibility index (Phi) is 3.33. The number of halogens is 2. The number of hydrogen-bond donors (Lipinski definition) is 1. The van der Waals surface area contributed by atoms with Crippen molar-refractivity contribution in [2.75, 3.05) is 5.73 Å². The van der Waals surface area contributed by atoms with Gasteiger partial charge in [-0.1, -0.05) is 13.0 Å². The Hall–Kier alpha value is -2.43. The maximum atomic E-state index is 13.8. The summed E-state index contributed by atoms with van der Waals surface area (Å²) >= 11 is 0. The summed E-state index contributed by atoms with van der Waals surface area (Å²) in [5.74, 6) is -0.274. The van der Waals surface area contributed by atoms with Crippen LogP contribution >= 0.6 is 0 Å². The lowest BCUT2D eigenvalue weighted by atomic mass is 10.2. The normalized spacial score (nSPS) is 11.2. The quantitative estimate of drug-likeness (QED) is 0.749. The molecule has 1 aromatic heterocycles. The third kappa shape index (κ3) is 2.46. The summed E-state index contributed by atoms with van der Waals surface area (Å²) in [6.07, 6.45) is 0.720. The highest BCUT2D eigenvalue weighted by molar-refractivity contribution is 5.79. The maximum Gasteiger partial charge on any atom is 0.131 e. The molecule has 0 amide bonds. The number of rotatable bonds is 3. The Morgan fingerprint density at radius 3 is 2.67 bits per heavy atom. The first-order chi connectivity index (χ1) is 10.1. The topological polar surface area (TPSA) is 43.8 Å². The van der Waals surface area contributed by atoms with Gasteiger partial charge in [-0.25, -0.2) is 13.8 Å². The minimum atomic E-state index is -0.574. The van der Waals surface area contributed by atoms with Gasteiger partial charge in [-0.05, 0) is 24.3 Å². The van der Waals surface area contributed by atoms with Gasteiger partial charge in [-0.15, -0.1) is 0 Å². The number of nitrogen functional groups attached to an aromatic ring is 1. The van der Waals surface area contributed by atoms with Crippen LogP contribution in [-0.2, 0) is 13.0 Å². The van der Waals surface area contributed by atoms with Gasteiger partial charge in [-0.3, -0.25) is 0 Å². The summed E-state index contributed by atoms with van der Waals surface area (Å²) in [6, 6.07) is 9.09. The zero-order chi connectivity index (χ0) is 15.0. The second-order valence-electron chi connectivity index (χ2n) is 4.95. The zero-order valence-corrected chi connectivity index (χ0v) is 11.6. The van der Waals surface area contributed by atoms with Gasteiger partial charge in [0.15, 0.2) is 0 Å². The molecule has 3 aromatic rings. The largest absolute Gasteiger partial charge is 0.399 e. The van der Waals surface area contributed by atoms with Crippen LogP contribution in [0.15, 0.2) is 36.4 Å². The smallest absolute Gasteiger partial charge is 0.131 e. The van der Waals surface area contributed by atoms with Crippen LogP contribution in [-0.4, -0.2) is 9.55 Å². The molecule has 1 heterocycles. The highest BCUT2D eigenvalue weighted by atomic mass is 19.1. The van der Waals surface area contributed by atoms with Crippen molar-refractivity contribution in [3.8, 4) is 0 Å². The summed E-state index contributed by atoms with van der Waals surface area (Å²) in [5, 5.41) is 0. The third-order valence-electron chi connectivity index (χ3n) is 3.51. The van der Waals surface area contributed by atoms with Crippen LogP contribution in [0.4, 0.5) is 14.5 Å². The Morgan fingerprint density at radius 2 is 1.95 bits per heavy atom. The first-order valence-electron chi connectivity index (χ1n) is 6.77. The molecule has 0 saturated carbocycles. The number of anilines is 1. The van der Waals surface area contributed by atoms with Crippen LogP contribution in [0, 0.1) is 11.6 Å². The molecule has 5 heteroatoms. The molecule has 3 rings (SSSR count). The first kappa shape index (κ1) is 13.5. The number of aromatic nitrogens is 2. The van der Waals surface area contributed by atoms with E-state index in [1.165, 1.54) is 12.1 Å². The molecule has 0 aliphatic rings. The molecule has 0 saturated heterocycles. The lowest BCUT2D eigenvalue weighted by molar-refractivity contribution is 0.565. The number of nitrogens with zero attached hydrogens (tertiary/aromatic N) is 2. The molecule has 0 unspecified atom stereocenters. The van der Waals surface area contributed by atoms with E-state index in [2.05, 4.69) is 4.98 Å². The van der Waals surface area contributed by atoms with Crippen molar-refractivity contribution in [1.29, 1.82) is 0 Å². The van der Waals surface area contributed by atoms with Crippen LogP contribution < -0.4 is 5.73 Å². The monoisotopic (exact) mass is 287 g/mol. The highest BCUT2D eigenvalue weighted by Gasteiger charge is 2.12. The lowest BCUT2D eigenvalue weighted by Gasteiger charge is -2.09. The van der Waals surface area contributed by atoms with Gasteiger partial charge in [0.1, 0.15) is 17.5 Å². The molecule has 108 valence electrons. The second kappa shape index (κ2) is 5.16. The molecule has 0 aliphatic heterocycles. The highest BCUT2D eigenvalue weighted by Crippen LogP contribution is 2.22. The average Bonchev–Trinajstić information content (AvgIpc) is 2.79. The molecule has 0 fully saturated rings. The molecule has 0 radical (unpaired) electrons. The minimum absolute atomic E-state index is 0.315. The van der Waals surface area contributed by atoms with E-state index in [4.69, 9.17) is 5.73 Å². The number of hydrogen-bond acceptors (Lipinski definition) is 2. The van der Waals surface area contributed by atoms with Crippen molar-refractivity contribution in [2.45, 2.75) is 19.9 Å². The Labute approximate surface area is 121 Å². The molecule has 0 spiro atoms. The summed E-state index contributed by atoms with van der Waals surface area (Å²) in [4.78, 5) is 4.52. The van der Waals surface area contributed by atoms with E-state index in [9.17, 15) is 8.78 Å². The second-order valence-corrected chi connectivity index (χ2v) is 4.95. The third-order valence-corrected chi connectivity index (χ3v) is 3.51. The molecule has 0 bridgehead atoms. The van der Waals surface area contributed by atoms with Gasteiger partial charge in [0.2, 0.25) is 0 Å². The van der Waals surface area contributed by atoms with Crippen molar-refractivity contribution in [3.63, 3.8) is 0 Å². The van der Waals surface area contributed by atoms with Crippen LogP contribution in [0.5, 0.6) is 0 Å². The van der Waals surface area contributed by atoms with Crippen LogP contribution in [0.3, 0.4) is 0 Å². The lowest BCUT2D eigenvalue weighted by Crippen LogP contribution is -2.06. The van der Waals surface area contributed by atoms with E-state index in [1.54, 1.807) is 12.1 Å². The van der Waals surface area contributed by atoms with E-state index < -0.39 is 11.6 Å². The van der Waals surface area contributed by atoms with E-state index in [-0.39, 0.29) is 0 Å². The van der Waals surface area contributed by atoms with E-state index in [0.717, 1.165) is 29.3 Å². The van der Waals surface area contributed by atoms with Gasteiger partial charge in [-0.2, -0.15) is 0 Å². The number of aryl methyl sites for hydroxylation is 1. The number of imidazole rings is 1. The van der Waals surface area contributed by atoms with Gasteiger partial charge in [0.25, 0.3) is 0 Å². The van der Waals surface area contributed by atoms with Crippen LogP contribution in [0.25, 0.3) is 11.0 Å². The van der Waals surface area contributed by atoms with E-state index >= 15 is 0 Å². The standard InChI is InChI=1S/C16H15F2N3/c1-2-16-20-14-8-12(19)5-6-15(14)21(16)9-10-3-4-11(17)7-13(10)18/h3-8H,2,9,19H2,1H3.